The van der Waals surface area contributed by atoms with Gasteiger partial charge in [-0.15, -0.1) is 0 Å². The van der Waals surface area contributed by atoms with Gasteiger partial charge in [-0.1, -0.05) is 30.3 Å². The molecule has 1 atom stereocenters. The Labute approximate surface area is 122 Å². The number of amides is 1. The lowest BCUT2D eigenvalue weighted by Crippen LogP contribution is -2.41. The van der Waals surface area contributed by atoms with Crippen LogP contribution in [0.2, 0.25) is 0 Å². The van der Waals surface area contributed by atoms with Crippen LogP contribution in [0.5, 0.6) is 0 Å². The molecule has 0 spiro atoms. The fraction of sp³-hybridized carbons (Fsp3) is 0.333. The summed E-state index contributed by atoms with van der Waals surface area (Å²) in [5.41, 5.74) is 6.76. The van der Waals surface area contributed by atoms with Crippen molar-refractivity contribution in [2.45, 2.75) is 13.2 Å². The summed E-state index contributed by atoms with van der Waals surface area (Å²) in [6.45, 7) is 3.00. The minimum absolute atomic E-state index is 0.210. The van der Waals surface area contributed by atoms with Crippen molar-refractivity contribution in [1.29, 1.82) is 0 Å². The van der Waals surface area contributed by atoms with Gasteiger partial charge in [0.15, 0.2) is 17.3 Å². The third-order valence-corrected chi connectivity index (χ3v) is 3.43. The van der Waals surface area contributed by atoms with Crippen LogP contribution < -0.4 is 5.73 Å². The van der Waals surface area contributed by atoms with Gasteiger partial charge >= 0.3 is 0 Å². The Balaban J connectivity index is 1.97. The zero-order valence-electron chi connectivity index (χ0n) is 11.8. The number of aryl methyl sites for hydroxylation is 1. The van der Waals surface area contributed by atoms with Crippen LogP contribution in [0, 0.1) is 6.92 Å². The van der Waals surface area contributed by atoms with E-state index in [1.807, 2.05) is 30.3 Å². The number of oxazole rings is 1. The standard InChI is InChI=1S/C15H17N3O3/c1-10-17-13(14(21-10)11-5-3-2-4-6-11)15(19)18-7-8-20-12(18)9-16/h2-6,12H,7-9,16H2,1H3. The molecule has 1 aromatic carbocycles. The molecule has 0 radical (unpaired) electrons. The van der Waals surface area contributed by atoms with Crippen molar-refractivity contribution in [3.8, 4) is 11.3 Å². The van der Waals surface area contributed by atoms with Gasteiger partial charge in [0.1, 0.15) is 6.23 Å². The Morgan fingerprint density at radius 2 is 2.19 bits per heavy atom. The van der Waals surface area contributed by atoms with E-state index in [9.17, 15) is 4.79 Å². The Hall–Kier alpha value is -2.18. The predicted octanol–water partition coefficient (Wildman–Crippen LogP) is 1.41. The van der Waals surface area contributed by atoms with Crippen LogP contribution in [0.15, 0.2) is 34.7 Å². The third kappa shape index (κ3) is 2.55. The molecule has 21 heavy (non-hydrogen) atoms. The Morgan fingerprint density at radius 1 is 1.43 bits per heavy atom. The summed E-state index contributed by atoms with van der Waals surface area (Å²) in [5.74, 6) is 0.737. The molecular formula is C15H17N3O3. The molecular weight excluding hydrogens is 270 g/mol. The Morgan fingerprint density at radius 3 is 2.90 bits per heavy atom. The number of benzene rings is 1. The first kappa shape index (κ1) is 13.8. The van der Waals surface area contributed by atoms with Gasteiger partial charge in [0.2, 0.25) is 0 Å². The lowest BCUT2D eigenvalue weighted by atomic mass is 10.1. The van der Waals surface area contributed by atoms with E-state index in [1.165, 1.54) is 0 Å². The van der Waals surface area contributed by atoms with Gasteiger partial charge < -0.3 is 19.8 Å². The molecule has 0 saturated carbocycles. The van der Waals surface area contributed by atoms with Crippen molar-refractivity contribution in [1.82, 2.24) is 9.88 Å². The number of hydrogen-bond acceptors (Lipinski definition) is 5. The number of nitrogens with two attached hydrogens (primary N) is 1. The lowest BCUT2D eigenvalue weighted by molar-refractivity contribution is 0.0325. The van der Waals surface area contributed by atoms with E-state index in [2.05, 4.69) is 4.98 Å². The lowest BCUT2D eigenvalue weighted by Gasteiger charge is -2.20. The second kappa shape index (κ2) is 5.67. The summed E-state index contributed by atoms with van der Waals surface area (Å²) < 4.78 is 11.1. The predicted molar refractivity (Wildman–Crippen MR) is 76.5 cm³/mol. The zero-order chi connectivity index (χ0) is 14.8. The first-order valence-corrected chi connectivity index (χ1v) is 6.86. The molecule has 6 nitrogen and oxygen atoms in total. The van der Waals surface area contributed by atoms with E-state index >= 15 is 0 Å². The van der Waals surface area contributed by atoms with Crippen LogP contribution in [0.1, 0.15) is 16.4 Å². The molecule has 1 fully saturated rings. The normalized spacial score (nSPS) is 18.2. The molecule has 1 saturated heterocycles. The SMILES string of the molecule is Cc1nc(C(=O)N2CCOC2CN)c(-c2ccccc2)o1. The number of ether oxygens (including phenoxy) is 1. The largest absolute Gasteiger partial charge is 0.440 e. The van der Waals surface area contributed by atoms with E-state index in [0.29, 0.717) is 30.5 Å². The summed E-state index contributed by atoms with van der Waals surface area (Å²) in [5, 5.41) is 0. The van der Waals surface area contributed by atoms with Crippen LogP contribution in [-0.4, -0.2) is 41.7 Å². The molecule has 1 aliphatic heterocycles. The maximum absolute atomic E-state index is 12.7. The Bertz CT molecular complexity index is 639. The average molecular weight is 287 g/mol. The summed E-state index contributed by atoms with van der Waals surface area (Å²) in [6, 6.07) is 9.47. The third-order valence-electron chi connectivity index (χ3n) is 3.43. The number of carbonyl (C=O) groups is 1. The maximum Gasteiger partial charge on any atom is 0.278 e. The van der Waals surface area contributed by atoms with Crippen LogP contribution in [0.4, 0.5) is 0 Å². The maximum atomic E-state index is 12.7. The fourth-order valence-corrected chi connectivity index (χ4v) is 2.44. The quantitative estimate of drug-likeness (QED) is 0.923. The van der Waals surface area contributed by atoms with Gasteiger partial charge in [-0.2, -0.15) is 0 Å². The van der Waals surface area contributed by atoms with Crippen molar-refractivity contribution in [2.75, 3.05) is 19.7 Å². The van der Waals surface area contributed by atoms with E-state index in [0.717, 1.165) is 5.56 Å². The molecule has 3 rings (SSSR count). The number of hydrogen-bond donors (Lipinski definition) is 1. The van der Waals surface area contributed by atoms with Crippen molar-refractivity contribution >= 4 is 5.91 Å². The van der Waals surface area contributed by atoms with Gasteiger partial charge in [0.05, 0.1) is 6.61 Å². The number of nitrogens with zero attached hydrogens (tertiary/aromatic N) is 2. The second-order valence-electron chi connectivity index (χ2n) is 4.84. The molecule has 6 heteroatoms. The Kier molecular flexibility index (Phi) is 3.72. The topological polar surface area (TPSA) is 81.6 Å². The van der Waals surface area contributed by atoms with Gasteiger partial charge in [-0.3, -0.25) is 4.79 Å². The molecule has 0 aliphatic carbocycles. The monoisotopic (exact) mass is 287 g/mol. The zero-order valence-corrected chi connectivity index (χ0v) is 11.8. The number of aromatic nitrogens is 1. The first-order valence-electron chi connectivity index (χ1n) is 6.86. The minimum atomic E-state index is -0.391. The summed E-state index contributed by atoms with van der Waals surface area (Å²) in [4.78, 5) is 18.5. The van der Waals surface area contributed by atoms with Crippen LogP contribution in [-0.2, 0) is 4.74 Å². The van der Waals surface area contributed by atoms with E-state index in [4.69, 9.17) is 14.9 Å². The highest BCUT2D eigenvalue weighted by Gasteiger charge is 2.33. The van der Waals surface area contributed by atoms with Gasteiger partial charge in [0.25, 0.3) is 5.91 Å². The molecule has 110 valence electrons. The van der Waals surface area contributed by atoms with Crippen molar-refractivity contribution in [2.24, 2.45) is 5.73 Å². The molecule has 1 aliphatic rings. The smallest absolute Gasteiger partial charge is 0.278 e. The average Bonchev–Trinajstić information content (AvgIpc) is 3.13. The van der Waals surface area contributed by atoms with Gasteiger partial charge in [-0.05, 0) is 0 Å². The second-order valence-corrected chi connectivity index (χ2v) is 4.84. The van der Waals surface area contributed by atoms with Gasteiger partial charge in [-0.25, -0.2) is 4.98 Å². The van der Waals surface area contributed by atoms with Gasteiger partial charge in [0, 0.05) is 25.6 Å². The number of carbonyl (C=O) groups excluding carboxylic acids is 1. The first-order chi connectivity index (χ1) is 10.2. The van der Waals surface area contributed by atoms with Crippen molar-refractivity contribution in [3.63, 3.8) is 0 Å². The molecule has 1 aromatic heterocycles. The molecule has 0 bridgehead atoms. The molecule has 2 aromatic rings. The molecule has 1 unspecified atom stereocenters. The van der Waals surface area contributed by atoms with Crippen LogP contribution in [0.25, 0.3) is 11.3 Å². The molecule has 2 heterocycles. The van der Waals surface area contributed by atoms with Crippen molar-refractivity contribution < 1.29 is 13.9 Å². The van der Waals surface area contributed by atoms with E-state index in [1.54, 1.807) is 11.8 Å². The number of rotatable bonds is 3. The van der Waals surface area contributed by atoms with Crippen LogP contribution >= 0.6 is 0 Å². The summed E-state index contributed by atoms with van der Waals surface area (Å²) in [6.07, 6.45) is -0.391. The van der Waals surface area contributed by atoms with E-state index < -0.39 is 6.23 Å². The highest BCUT2D eigenvalue weighted by Crippen LogP contribution is 2.26. The van der Waals surface area contributed by atoms with Crippen molar-refractivity contribution in [3.05, 3.63) is 41.9 Å². The molecule has 2 N–H and O–H groups in total. The molecule has 1 amide bonds. The fourth-order valence-electron chi connectivity index (χ4n) is 2.44. The highest BCUT2D eigenvalue weighted by atomic mass is 16.5. The highest BCUT2D eigenvalue weighted by molar-refractivity contribution is 5.98. The minimum Gasteiger partial charge on any atom is -0.440 e. The van der Waals surface area contributed by atoms with E-state index in [-0.39, 0.29) is 12.5 Å². The summed E-state index contributed by atoms with van der Waals surface area (Å²) in [7, 11) is 0. The van der Waals surface area contributed by atoms with Crippen LogP contribution in [0.3, 0.4) is 0 Å². The summed E-state index contributed by atoms with van der Waals surface area (Å²) >= 11 is 0.